The Hall–Kier alpha value is -1.91. The van der Waals surface area contributed by atoms with Crippen molar-refractivity contribution in [1.82, 2.24) is 10.3 Å². The van der Waals surface area contributed by atoms with Crippen LogP contribution in [-0.2, 0) is 4.74 Å². The van der Waals surface area contributed by atoms with Gasteiger partial charge in [-0.05, 0) is 19.1 Å². The van der Waals surface area contributed by atoms with Crippen LogP contribution in [-0.4, -0.2) is 16.6 Å². The first kappa shape index (κ1) is 12.1. The monoisotopic (exact) mass is 256 g/mol. The fourth-order valence-electron chi connectivity index (χ4n) is 2.23. The lowest BCUT2D eigenvalue weighted by Crippen LogP contribution is -2.14. The summed E-state index contributed by atoms with van der Waals surface area (Å²) in [7, 11) is 0. The molecule has 1 aromatic heterocycles. The van der Waals surface area contributed by atoms with Crippen LogP contribution in [0.5, 0.6) is 5.75 Å². The van der Waals surface area contributed by atoms with Crippen LogP contribution in [0.2, 0.25) is 0 Å². The quantitative estimate of drug-likeness (QED) is 0.866. The van der Waals surface area contributed by atoms with Crippen molar-refractivity contribution in [1.29, 1.82) is 0 Å². The number of pyridine rings is 1. The Balaban J connectivity index is 1.77. The maximum atomic E-state index is 9.83. The average Bonchev–Trinajstić information content (AvgIpc) is 2.89. The number of ether oxygens (including phenoxy) is 1. The summed E-state index contributed by atoms with van der Waals surface area (Å²) in [6, 6.07) is 11.2. The third-order valence-electron chi connectivity index (χ3n) is 3.31. The molecule has 2 N–H and O–H groups in total. The van der Waals surface area contributed by atoms with Crippen LogP contribution in [0.1, 0.15) is 29.2 Å². The SMILES string of the molecule is Cc1ccc([C@H]2CN[C@H](c3ccccc3O)O2)cn1. The lowest BCUT2D eigenvalue weighted by atomic mass is 10.1. The summed E-state index contributed by atoms with van der Waals surface area (Å²) in [5, 5.41) is 13.1. The smallest absolute Gasteiger partial charge is 0.138 e. The van der Waals surface area contributed by atoms with Gasteiger partial charge in [0, 0.05) is 29.6 Å². The topological polar surface area (TPSA) is 54.4 Å². The molecule has 19 heavy (non-hydrogen) atoms. The zero-order chi connectivity index (χ0) is 13.2. The molecule has 0 spiro atoms. The molecule has 0 aliphatic carbocycles. The van der Waals surface area contributed by atoms with Crippen LogP contribution in [0.25, 0.3) is 0 Å². The molecule has 98 valence electrons. The van der Waals surface area contributed by atoms with Crippen LogP contribution in [0.3, 0.4) is 0 Å². The van der Waals surface area contributed by atoms with E-state index in [1.54, 1.807) is 12.1 Å². The van der Waals surface area contributed by atoms with Crippen molar-refractivity contribution in [2.24, 2.45) is 0 Å². The molecule has 0 amide bonds. The van der Waals surface area contributed by atoms with E-state index in [4.69, 9.17) is 4.74 Å². The lowest BCUT2D eigenvalue weighted by Gasteiger charge is -2.14. The van der Waals surface area contributed by atoms with Gasteiger partial charge in [-0.15, -0.1) is 0 Å². The number of phenols is 1. The Morgan fingerprint density at radius 3 is 2.84 bits per heavy atom. The third-order valence-corrected chi connectivity index (χ3v) is 3.31. The second-order valence-electron chi connectivity index (χ2n) is 4.70. The van der Waals surface area contributed by atoms with E-state index < -0.39 is 0 Å². The minimum atomic E-state index is -0.271. The third kappa shape index (κ3) is 2.45. The molecule has 0 unspecified atom stereocenters. The molecule has 0 radical (unpaired) electrons. The van der Waals surface area contributed by atoms with Gasteiger partial charge < -0.3 is 9.84 Å². The van der Waals surface area contributed by atoms with Crippen molar-refractivity contribution in [3.05, 3.63) is 59.4 Å². The predicted octanol–water partition coefficient (Wildman–Crippen LogP) is 2.46. The molecule has 0 bridgehead atoms. The molecule has 0 saturated carbocycles. The molecule has 2 atom stereocenters. The van der Waals surface area contributed by atoms with E-state index in [2.05, 4.69) is 10.3 Å². The highest BCUT2D eigenvalue weighted by Gasteiger charge is 2.28. The standard InChI is InChI=1S/C15H16N2O2/c1-10-6-7-11(8-16-10)14-9-17-15(19-14)12-4-2-3-5-13(12)18/h2-8,14-15,17-18H,9H2,1H3/t14-,15+/m1/s1. The predicted molar refractivity (Wildman–Crippen MR) is 71.7 cm³/mol. The number of nitrogens with one attached hydrogen (secondary N) is 1. The molecule has 1 aliphatic rings. The number of phenolic OH excluding ortho intramolecular Hbond substituents is 1. The maximum Gasteiger partial charge on any atom is 0.138 e. The molecule has 4 nitrogen and oxygen atoms in total. The van der Waals surface area contributed by atoms with E-state index in [0.29, 0.717) is 6.54 Å². The Bertz CT molecular complexity index is 569. The normalized spacial score (nSPS) is 22.6. The first-order valence-corrected chi connectivity index (χ1v) is 6.33. The average molecular weight is 256 g/mol. The first-order chi connectivity index (χ1) is 9.24. The zero-order valence-electron chi connectivity index (χ0n) is 10.7. The van der Waals surface area contributed by atoms with E-state index >= 15 is 0 Å². The second kappa shape index (κ2) is 4.99. The Labute approximate surface area is 112 Å². The number of aromatic hydroxyl groups is 1. The Morgan fingerprint density at radius 2 is 2.11 bits per heavy atom. The first-order valence-electron chi connectivity index (χ1n) is 6.33. The zero-order valence-corrected chi connectivity index (χ0v) is 10.7. The van der Waals surface area contributed by atoms with Gasteiger partial charge in [-0.25, -0.2) is 0 Å². The van der Waals surface area contributed by atoms with Gasteiger partial charge in [-0.1, -0.05) is 24.3 Å². The lowest BCUT2D eigenvalue weighted by molar-refractivity contribution is 0.0390. The number of nitrogens with zero attached hydrogens (tertiary/aromatic N) is 1. The van der Waals surface area contributed by atoms with Crippen molar-refractivity contribution < 1.29 is 9.84 Å². The Kier molecular flexibility index (Phi) is 3.19. The van der Waals surface area contributed by atoms with Gasteiger partial charge >= 0.3 is 0 Å². The van der Waals surface area contributed by atoms with Crippen LogP contribution in [0.4, 0.5) is 0 Å². The largest absolute Gasteiger partial charge is 0.508 e. The van der Waals surface area contributed by atoms with Crippen molar-refractivity contribution in [2.75, 3.05) is 6.54 Å². The molecular formula is C15H16N2O2. The van der Waals surface area contributed by atoms with Crippen LogP contribution >= 0.6 is 0 Å². The highest BCUT2D eigenvalue weighted by molar-refractivity contribution is 5.34. The van der Waals surface area contributed by atoms with E-state index in [1.807, 2.05) is 37.4 Å². The number of rotatable bonds is 2. The molecule has 2 heterocycles. The summed E-state index contributed by atoms with van der Waals surface area (Å²) in [5.41, 5.74) is 2.81. The summed E-state index contributed by atoms with van der Waals surface area (Å²) >= 11 is 0. The van der Waals surface area contributed by atoms with Crippen molar-refractivity contribution in [3.63, 3.8) is 0 Å². The van der Waals surface area contributed by atoms with Gasteiger partial charge in [-0.3, -0.25) is 10.3 Å². The van der Waals surface area contributed by atoms with E-state index in [9.17, 15) is 5.11 Å². The fourth-order valence-corrected chi connectivity index (χ4v) is 2.23. The van der Waals surface area contributed by atoms with Gasteiger partial charge in [0.1, 0.15) is 12.0 Å². The van der Waals surface area contributed by atoms with Crippen molar-refractivity contribution in [3.8, 4) is 5.75 Å². The molecule has 3 rings (SSSR count). The minimum absolute atomic E-state index is 0.0299. The fraction of sp³-hybridized carbons (Fsp3) is 0.267. The highest BCUT2D eigenvalue weighted by Crippen LogP contribution is 2.33. The number of para-hydroxylation sites is 1. The summed E-state index contributed by atoms with van der Waals surface area (Å²) in [6.45, 7) is 2.67. The van der Waals surface area contributed by atoms with Gasteiger partial charge in [0.2, 0.25) is 0 Å². The molecule has 1 saturated heterocycles. The molecule has 1 fully saturated rings. The molecule has 4 heteroatoms. The van der Waals surface area contributed by atoms with Crippen molar-refractivity contribution >= 4 is 0 Å². The van der Waals surface area contributed by atoms with E-state index in [0.717, 1.165) is 16.8 Å². The van der Waals surface area contributed by atoms with Crippen LogP contribution in [0, 0.1) is 6.92 Å². The van der Waals surface area contributed by atoms with Crippen LogP contribution < -0.4 is 5.32 Å². The van der Waals surface area contributed by atoms with Crippen molar-refractivity contribution in [2.45, 2.75) is 19.3 Å². The Morgan fingerprint density at radius 1 is 1.26 bits per heavy atom. The second-order valence-corrected chi connectivity index (χ2v) is 4.70. The van der Waals surface area contributed by atoms with Gasteiger partial charge in [-0.2, -0.15) is 0 Å². The number of hydrogen-bond donors (Lipinski definition) is 2. The van der Waals surface area contributed by atoms with E-state index in [1.165, 1.54) is 0 Å². The molecule has 1 aliphatic heterocycles. The molecular weight excluding hydrogens is 240 g/mol. The van der Waals surface area contributed by atoms with Gasteiger partial charge in [0.25, 0.3) is 0 Å². The highest BCUT2D eigenvalue weighted by atomic mass is 16.5. The minimum Gasteiger partial charge on any atom is -0.508 e. The number of benzene rings is 1. The van der Waals surface area contributed by atoms with Gasteiger partial charge in [0.05, 0.1) is 6.10 Å². The maximum absolute atomic E-state index is 9.83. The number of hydrogen-bond acceptors (Lipinski definition) is 4. The number of aryl methyl sites for hydroxylation is 1. The summed E-state index contributed by atoms with van der Waals surface area (Å²) in [4.78, 5) is 4.28. The van der Waals surface area contributed by atoms with Crippen LogP contribution in [0.15, 0.2) is 42.6 Å². The summed E-state index contributed by atoms with van der Waals surface area (Å²) in [5.74, 6) is 0.252. The van der Waals surface area contributed by atoms with E-state index in [-0.39, 0.29) is 18.1 Å². The summed E-state index contributed by atoms with van der Waals surface area (Å²) in [6.07, 6.45) is 1.54. The molecule has 1 aromatic carbocycles. The van der Waals surface area contributed by atoms with Gasteiger partial charge in [0.15, 0.2) is 0 Å². The summed E-state index contributed by atoms with van der Waals surface area (Å²) < 4.78 is 5.94. The number of aromatic nitrogens is 1. The molecule has 2 aromatic rings.